The number of benzene rings is 2. The zero-order valence-electron chi connectivity index (χ0n) is 25.0. The number of aromatic nitrogens is 2. The van der Waals surface area contributed by atoms with Gasteiger partial charge in [-0.3, -0.25) is 9.89 Å². The largest absolute Gasteiger partial charge is 0.477 e. The van der Waals surface area contributed by atoms with E-state index in [-0.39, 0.29) is 11.4 Å². The summed E-state index contributed by atoms with van der Waals surface area (Å²) in [7, 11) is 0. The second-order valence-corrected chi connectivity index (χ2v) is 12.9. The van der Waals surface area contributed by atoms with Crippen molar-refractivity contribution in [2.24, 2.45) is 4.99 Å². The number of aliphatic imine (C=N–C) groups is 1. The number of hydrogen-bond donors (Lipinski definition) is 1. The number of nitrogens with one attached hydrogen (secondary N) is 1. The van der Waals surface area contributed by atoms with E-state index in [0.717, 1.165) is 11.1 Å². The molecule has 1 aromatic heterocycles. The van der Waals surface area contributed by atoms with Crippen LogP contribution < -0.4 is 10.1 Å². The number of carbonyl (C=O) groups is 1. The fourth-order valence-electron chi connectivity index (χ4n) is 5.69. The normalized spacial score (nSPS) is 22.7. The van der Waals surface area contributed by atoms with Gasteiger partial charge in [-0.2, -0.15) is 4.98 Å². The standard InChI is InChI=1S/C32H38Cl2N6O2/c1-7-42-27-25(20-36-28(37-27)30(2,3)4)26-38-31(5,21-8-12-23(33)13-9-21)32(6,22-10-14-24(34)15-11-22)40(26)29(41)39-18-16-35-17-19-39/h8-15,20,35H,7,16-19H2,1-6H3/t31-,32+/m0/s1. The third-order valence-electron chi connectivity index (χ3n) is 8.27. The van der Waals surface area contributed by atoms with Gasteiger partial charge in [-0.05, 0) is 56.2 Å². The molecule has 2 aromatic carbocycles. The molecule has 5 rings (SSSR count). The van der Waals surface area contributed by atoms with Crippen molar-refractivity contribution in [2.75, 3.05) is 32.8 Å². The maximum Gasteiger partial charge on any atom is 0.326 e. The van der Waals surface area contributed by atoms with Crippen molar-refractivity contribution in [2.45, 2.75) is 58.0 Å². The van der Waals surface area contributed by atoms with Gasteiger partial charge in [0.1, 0.15) is 22.7 Å². The second-order valence-electron chi connectivity index (χ2n) is 12.0. The first kappa shape index (κ1) is 30.3. The Bertz CT molecular complexity index is 1480. The first-order valence-corrected chi connectivity index (χ1v) is 15.1. The lowest BCUT2D eigenvalue weighted by molar-refractivity contribution is 0.104. The van der Waals surface area contributed by atoms with E-state index in [1.165, 1.54) is 0 Å². The number of nitrogens with zero attached hydrogens (tertiary/aromatic N) is 5. The summed E-state index contributed by atoms with van der Waals surface area (Å²) in [6.07, 6.45) is 1.74. The molecule has 0 unspecified atom stereocenters. The molecule has 0 aliphatic carbocycles. The van der Waals surface area contributed by atoms with E-state index in [0.29, 0.717) is 65.9 Å². The Labute approximate surface area is 258 Å². The number of hydrogen-bond acceptors (Lipinski definition) is 6. The fourth-order valence-corrected chi connectivity index (χ4v) is 5.94. The lowest BCUT2D eigenvalue weighted by Crippen LogP contribution is -2.60. The summed E-state index contributed by atoms with van der Waals surface area (Å²) in [6, 6.07) is 15.1. The average molecular weight is 610 g/mol. The number of ether oxygens (including phenoxy) is 1. The molecule has 1 fully saturated rings. The quantitative estimate of drug-likeness (QED) is 0.362. The van der Waals surface area contributed by atoms with Gasteiger partial charge in [0, 0.05) is 47.8 Å². The van der Waals surface area contributed by atoms with Crippen LogP contribution in [0, 0.1) is 0 Å². The Morgan fingerprint density at radius 3 is 2.10 bits per heavy atom. The number of amidine groups is 1. The summed E-state index contributed by atoms with van der Waals surface area (Å²) in [6.45, 7) is 15.2. The van der Waals surface area contributed by atoms with Crippen LogP contribution in [-0.4, -0.2) is 64.4 Å². The molecule has 2 atom stereocenters. The monoisotopic (exact) mass is 608 g/mol. The number of piperazine rings is 1. The summed E-state index contributed by atoms with van der Waals surface area (Å²) in [5.74, 6) is 1.50. The summed E-state index contributed by atoms with van der Waals surface area (Å²) in [4.78, 5) is 33.4. The minimum Gasteiger partial charge on any atom is -0.477 e. The van der Waals surface area contributed by atoms with Crippen LogP contribution in [0.25, 0.3) is 0 Å². The summed E-state index contributed by atoms with van der Waals surface area (Å²) < 4.78 is 6.11. The summed E-state index contributed by atoms with van der Waals surface area (Å²) >= 11 is 12.7. The molecule has 3 heterocycles. The number of rotatable bonds is 5. The molecular formula is C32H38Cl2N6O2. The molecule has 8 nitrogen and oxygen atoms in total. The minimum atomic E-state index is -0.977. The van der Waals surface area contributed by atoms with Gasteiger partial charge in [-0.1, -0.05) is 68.2 Å². The van der Waals surface area contributed by atoms with Crippen LogP contribution in [0.5, 0.6) is 5.88 Å². The van der Waals surface area contributed by atoms with E-state index in [4.69, 9.17) is 42.9 Å². The maximum atomic E-state index is 14.7. The maximum absolute atomic E-state index is 14.7. The Kier molecular flexibility index (Phi) is 8.27. The number of amides is 2. The van der Waals surface area contributed by atoms with Crippen LogP contribution in [-0.2, 0) is 16.5 Å². The van der Waals surface area contributed by atoms with Crippen LogP contribution in [0.1, 0.15) is 64.1 Å². The highest BCUT2D eigenvalue weighted by Crippen LogP contribution is 2.54. The van der Waals surface area contributed by atoms with Gasteiger partial charge in [0.15, 0.2) is 0 Å². The lowest BCUT2D eigenvalue weighted by atomic mass is 9.71. The zero-order chi connectivity index (χ0) is 30.3. The van der Waals surface area contributed by atoms with Crippen LogP contribution in [0.3, 0.4) is 0 Å². The van der Waals surface area contributed by atoms with E-state index < -0.39 is 11.1 Å². The highest BCUT2D eigenvalue weighted by atomic mass is 35.5. The summed E-state index contributed by atoms with van der Waals surface area (Å²) in [5, 5.41) is 4.58. The Balaban J connectivity index is 1.80. The van der Waals surface area contributed by atoms with E-state index in [2.05, 4.69) is 39.9 Å². The predicted molar refractivity (Wildman–Crippen MR) is 168 cm³/mol. The van der Waals surface area contributed by atoms with E-state index in [9.17, 15) is 4.79 Å². The number of halogens is 2. The molecule has 10 heteroatoms. The number of carbonyl (C=O) groups excluding carboxylic acids is 1. The highest BCUT2D eigenvalue weighted by Gasteiger charge is 2.60. The van der Waals surface area contributed by atoms with Crippen LogP contribution >= 0.6 is 23.2 Å². The lowest BCUT2D eigenvalue weighted by Gasteiger charge is -2.47. The SMILES string of the molecule is CCOc1nc(C(C)(C)C)ncc1C1=N[C@@](C)(c2ccc(Cl)cc2)[C@@](C)(c2ccc(Cl)cc2)N1C(=O)N1CCNCC1. The van der Waals surface area contributed by atoms with Crippen molar-refractivity contribution in [3.8, 4) is 5.88 Å². The van der Waals surface area contributed by atoms with Crippen molar-refractivity contribution in [3.63, 3.8) is 0 Å². The first-order valence-electron chi connectivity index (χ1n) is 14.3. The van der Waals surface area contributed by atoms with Crippen molar-refractivity contribution >= 4 is 35.1 Å². The minimum absolute atomic E-state index is 0.146. The first-order chi connectivity index (χ1) is 19.9. The van der Waals surface area contributed by atoms with Gasteiger partial charge in [0.05, 0.1) is 12.2 Å². The molecule has 0 bridgehead atoms. The zero-order valence-corrected chi connectivity index (χ0v) is 26.6. The smallest absolute Gasteiger partial charge is 0.326 e. The molecule has 2 aliphatic rings. The molecule has 1 saturated heterocycles. The van der Waals surface area contributed by atoms with Crippen molar-refractivity contribution in [1.82, 2.24) is 25.1 Å². The van der Waals surface area contributed by atoms with Gasteiger partial charge in [0.2, 0.25) is 5.88 Å². The molecule has 42 heavy (non-hydrogen) atoms. The van der Waals surface area contributed by atoms with Crippen molar-refractivity contribution in [1.29, 1.82) is 0 Å². The average Bonchev–Trinajstić information content (AvgIpc) is 3.21. The Hall–Kier alpha value is -3.20. The molecule has 0 radical (unpaired) electrons. The summed E-state index contributed by atoms with van der Waals surface area (Å²) in [5.41, 5.74) is 0.143. The van der Waals surface area contributed by atoms with E-state index in [1.807, 2.05) is 65.3 Å². The number of urea groups is 1. The molecule has 2 aliphatic heterocycles. The topological polar surface area (TPSA) is 83.0 Å². The van der Waals surface area contributed by atoms with Gasteiger partial charge >= 0.3 is 6.03 Å². The molecule has 2 amide bonds. The van der Waals surface area contributed by atoms with Gasteiger partial charge in [-0.25, -0.2) is 9.78 Å². The third kappa shape index (κ3) is 5.25. The van der Waals surface area contributed by atoms with E-state index in [1.54, 1.807) is 6.20 Å². The van der Waals surface area contributed by atoms with Gasteiger partial charge in [0.25, 0.3) is 0 Å². The van der Waals surface area contributed by atoms with E-state index >= 15 is 0 Å². The van der Waals surface area contributed by atoms with Gasteiger partial charge in [-0.15, -0.1) is 0 Å². The van der Waals surface area contributed by atoms with Crippen LogP contribution in [0.15, 0.2) is 59.7 Å². The fraction of sp³-hybridized carbons (Fsp3) is 0.438. The third-order valence-corrected chi connectivity index (χ3v) is 8.78. The van der Waals surface area contributed by atoms with Crippen LogP contribution in [0.2, 0.25) is 10.0 Å². The molecular weight excluding hydrogens is 571 g/mol. The highest BCUT2D eigenvalue weighted by molar-refractivity contribution is 6.30. The Morgan fingerprint density at radius 1 is 0.976 bits per heavy atom. The molecule has 0 saturated carbocycles. The molecule has 222 valence electrons. The Morgan fingerprint density at radius 2 is 1.55 bits per heavy atom. The second kappa shape index (κ2) is 11.5. The van der Waals surface area contributed by atoms with Crippen LogP contribution in [0.4, 0.5) is 4.79 Å². The van der Waals surface area contributed by atoms with Crippen molar-refractivity contribution < 1.29 is 9.53 Å². The molecule has 1 N–H and O–H groups in total. The molecule has 0 spiro atoms. The molecule has 3 aromatic rings. The predicted octanol–water partition coefficient (Wildman–Crippen LogP) is 6.40. The van der Waals surface area contributed by atoms with Gasteiger partial charge < -0.3 is 15.0 Å². The van der Waals surface area contributed by atoms with Crippen molar-refractivity contribution in [3.05, 3.63) is 87.3 Å².